The van der Waals surface area contributed by atoms with Gasteiger partial charge in [-0.25, -0.2) is 9.78 Å². The molecule has 6 nitrogen and oxygen atoms in total. The fourth-order valence-corrected chi connectivity index (χ4v) is 1.15. The minimum Gasteiger partial charge on any atom is -0.476 e. The monoisotopic (exact) mass is 204 g/mol. The van der Waals surface area contributed by atoms with Gasteiger partial charge in [0, 0.05) is 6.20 Å². The summed E-state index contributed by atoms with van der Waals surface area (Å²) in [6.45, 7) is 1.59. The van der Waals surface area contributed by atoms with Gasteiger partial charge in [-0.05, 0) is 19.1 Å². The molecule has 2 heterocycles. The number of hydrogen-bond acceptors (Lipinski definition) is 4. The summed E-state index contributed by atoms with van der Waals surface area (Å²) in [7, 11) is 0. The minimum atomic E-state index is -1.09. The average molecular weight is 204 g/mol. The van der Waals surface area contributed by atoms with Crippen LogP contribution < -0.4 is 0 Å². The maximum absolute atomic E-state index is 10.7. The Bertz CT molecular complexity index is 492. The molecule has 0 unspecified atom stereocenters. The minimum absolute atomic E-state index is 0.0550. The quantitative estimate of drug-likeness (QED) is 0.777. The third kappa shape index (κ3) is 1.69. The maximum atomic E-state index is 10.7. The number of hydrogen-bond donors (Lipinski definition) is 1. The number of carbonyl (C=O) groups is 1. The summed E-state index contributed by atoms with van der Waals surface area (Å²) in [5.41, 5.74) is 0.314. The van der Waals surface area contributed by atoms with E-state index in [0.29, 0.717) is 11.5 Å². The van der Waals surface area contributed by atoms with Crippen molar-refractivity contribution in [3.63, 3.8) is 0 Å². The van der Waals surface area contributed by atoms with Crippen molar-refractivity contribution < 1.29 is 9.90 Å². The van der Waals surface area contributed by atoms with E-state index < -0.39 is 5.97 Å². The number of pyridine rings is 1. The first-order valence-corrected chi connectivity index (χ1v) is 4.27. The summed E-state index contributed by atoms with van der Waals surface area (Å²) in [5.74, 6) is -0.595. The molecule has 0 bridgehead atoms. The highest BCUT2D eigenvalue weighted by atomic mass is 16.4. The van der Waals surface area contributed by atoms with Crippen molar-refractivity contribution in [3.8, 4) is 5.82 Å². The van der Waals surface area contributed by atoms with E-state index in [9.17, 15) is 4.79 Å². The number of aromatic nitrogens is 4. The van der Waals surface area contributed by atoms with Gasteiger partial charge in [0.2, 0.25) is 0 Å². The van der Waals surface area contributed by atoms with Crippen LogP contribution >= 0.6 is 0 Å². The zero-order valence-electron chi connectivity index (χ0n) is 7.95. The van der Waals surface area contributed by atoms with Gasteiger partial charge in [-0.1, -0.05) is 6.07 Å². The van der Waals surface area contributed by atoms with Crippen LogP contribution in [0.1, 0.15) is 16.2 Å². The highest BCUT2D eigenvalue weighted by Gasteiger charge is 2.14. The fourth-order valence-electron chi connectivity index (χ4n) is 1.15. The number of carboxylic acids is 1. The molecule has 0 aliphatic carbocycles. The van der Waals surface area contributed by atoms with Crippen LogP contribution in [-0.4, -0.2) is 31.1 Å². The van der Waals surface area contributed by atoms with Crippen molar-refractivity contribution in [1.82, 2.24) is 20.0 Å². The molecule has 2 rings (SSSR count). The second-order valence-corrected chi connectivity index (χ2v) is 2.92. The maximum Gasteiger partial charge on any atom is 0.358 e. The summed E-state index contributed by atoms with van der Waals surface area (Å²) >= 11 is 0. The van der Waals surface area contributed by atoms with Crippen molar-refractivity contribution in [3.05, 3.63) is 35.8 Å². The van der Waals surface area contributed by atoms with E-state index in [-0.39, 0.29) is 5.69 Å². The lowest BCUT2D eigenvalue weighted by Gasteiger charge is -1.95. The Morgan fingerprint density at radius 2 is 2.20 bits per heavy atom. The van der Waals surface area contributed by atoms with Gasteiger partial charge < -0.3 is 5.11 Å². The Balaban J connectivity index is 2.48. The van der Waals surface area contributed by atoms with Gasteiger partial charge in [0.25, 0.3) is 0 Å². The smallest absolute Gasteiger partial charge is 0.358 e. The van der Waals surface area contributed by atoms with Crippen molar-refractivity contribution in [2.24, 2.45) is 0 Å². The second-order valence-electron chi connectivity index (χ2n) is 2.92. The Kier molecular flexibility index (Phi) is 2.17. The predicted octanol–water partition coefficient (Wildman–Crippen LogP) is 0.669. The van der Waals surface area contributed by atoms with Crippen LogP contribution in [0.25, 0.3) is 5.82 Å². The van der Waals surface area contributed by atoms with Gasteiger partial charge in [0.05, 0.1) is 5.69 Å². The van der Waals surface area contributed by atoms with Crippen molar-refractivity contribution in [2.45, 2.75) is 6.92 Å². The van der Waals surface area contributed by atoms with Crippen LogP contribution in [0, 0.1) is 6.92 Å². The first kappa shape index (κ1) is 9.32. The molecule has 0 atom stereocenters. The lowest BCUT2D eigenvalue weighted by atomic mass is 10.4. The van der Waals surface area contributed by atoms with Crippen LogP contribution in [0.3, 0.4) is 0 Å². The number of carboxylic acid groups (broad SMARTS) is 1. The van der Waals surface area contributed by atoms with Gasteiger partial charge in [-0.2, -0.15) is 5.10 Å². The standard InChI is InChI=1S/C9H8N4O2/c1-6-8(9(14)15)12-13(11-6)7-4-2-3-5-10-7/h2-5H,1H3,(H,14,15). The van der Waals surface area contributed by atoms with Crippen LogP contribution in [0.4, 0.5) is 0 Å². The topological polar surface area (TPSA) is 80.9 Å². The van der Waals surface area contributed by atoms with Gasteiger partial charge in [0.1, 0.15) is 0 Å². The Morgan fingerprint density at radius 1 is 1.40 bits per heavy atom. The lowest BCUT2D eigenvalue weighted by molar-refractivity contribution is 0.0689. The van der Waals surface area contributed by atoms with Gasteiger partial charge in [-0.3, -0.25) is 0 Å². The molecule has 0 radical (unpaired) electrons. The van der Waals surface area contributed by atoms with E-state index in [1.165, 1.54) is 4.80 Å². The summed E-state index contributed by atoms with van der Waals surface area (Å²) in [5, 5.41) is 16.6. The molecule has 0 spiro atoms. The van der Waals surface area contributed by atoms with Crippen molar-refractivity contribution >= 4 is 5.97 Å². The Morgan fingerprint density at radius 3 is 2.73 bits per heavy atom. The van der Waals surface area contributed by atoms with Crippen LogP contribution in [0.5, 0.6) is 0 Å². The first-order chi connectivity index (χ1) is 7.18. The Hall–Kier alpha value is -2.24. The molecule has 1 N–H and O–H groups in total. The molecule has 0 saturated carbocycles. The SMILES string of the molecule is Cc1nn(-c2ccccn2)nc1C(=O)O. The third-order valence-corrected chi connectivity index (χ3v) is 1.84. The van der Waals surface area contributed by atoms with E-state index in [0.717, 1.165) is 0 Å². The Labute approximate surface area is 85.2 Å². The van der Waals surface area contributed by atoms with Crippen LogP contribution in [-0.2, 0) is 0 Å². The molecule has 6 heteroatoms. The molecule has 2 aromatic rings. The van der Waals surface area contributed by atoms with Crippen molar-refractivity contribution in [1.29, 1.82) is 0 Å². The highest BCUT2D eigenvalue weighted by Crippen LogP contribution is 2.05. The van der Waals surface area contributed by atoms with Crippen LogP contribution in [0.15, 0.2) is 24.4 Å². The van der Waals surface area contributed by atoms with E-state index in [4.69, 9.17) is 5.11 Å². The summed E-state index contributed by atoms with van der Waals surface area (Å²) in [6.07, 6.45) is 1.59. The van der Waals surface area contributed by atoms with Gasteiger partial charge >= 0.3 is 5.97 Å². The predicted molar refractivity (Wildman–Crippen MR) is 50.9 cm³/mol. The molecule has 0 saturated heterocycles. The molecule has 0 fully saturated rings. The largest absolute Gasteiger partial charge is 0.476 e. The number of nitrogens with zero attached hydrogens (tertiary/aromatic N) is 4. The molecular weight excluding hydrogens is 196 g/mol. The molecule has 2 aromatic heterocycles. The van der Waals surface area contributed by atoms with Crippen molar-refractivity contribution in [2.75, 3.05) is 0 Å². The fraction of sp³-hybridized carbons (Fsp3) is 0.111. The molecule has 76 valence electrons. The number of aryl methyl sites for hydroxylation is 1. The summed E-state index contributed by atoms with van der Waals surface area (Å²) in [6, 6.07) is 5.24. The summed E-state index contributed by atoms with van der Waals surface area (Å²) < 4.78 is 0. The van der Waals surface area contributed by atoms with Gasteiger partial charge in [-0.15, -0.1) is 9.90 Å². The van der Waals surface area contributed by atoms with E-state index in [1.54, 1.807) is 31.3 Å². The van der Waals surface area contributed by atoms with Gasteiger partial charge in [0.15, 0.2) is 11.5 Å². The normalized spacial score (nSPS) is 10.2. The van der Waals surface area contributed by atoms with Crippen LogP contribution in [0.2, 0.25) is 0 Å². The molecule has 0 aromatic carbocycles. The average Bonchev–Trinajstić information content (AvgIpc) is 2.62. The summed E-state index contributed by atoms with van der Waals surface area (Å²) in [4.78, 5) is 15.9. The third-order valence-electron chi connectivity index (χ3n) is 1.84. The van der Waals surface area contributed by atoms with E-state index >= 15 is 0 Å². The number of rotatable bonds is 2. The molecule has 0 amide bonds. The molecule has 15 heavy (non-hydrogen) atoms. The zero-order valence-corrected chi connectivity index (χ0v) is 7.95. The van der Waals surface area contributed by atoms with E-state index in [1.807, 2.05) is 0 Å². The molecular formula is C9H8N4O2. The lowest BCUT2D eigenvalue weighted by Crippen LogP contribution is -2.03. The molecule has 0 aliphatic rings. The molecule has 0 aliphatic heterocycles. The first-order valence-electron chi connectivity index (χ1n) is 4.27. The second kappa shape index (κ2) is 3.49. The van der Waals surface area contributed by atoms with E-state index in [2.05, 4.69) is 15.2 Å². The highest BCUT2D eigenvalue weighted by molar-refractivity contribution is 5.86. The zero-order chi connectivity index (χ0) is 10.8. The number of aromatic carboxylic acids is 1.